The van der Waals surface area contributed by atoms with Crippen LogP contribution in [0.15, 0.2) is 42.5 Å². The van der Waals surface area contributed by atoms with E-state index in [0.717, 1.165) is 6.07 Å². The van der Waals surface area contributed by atoms with E-state index in [1.54, 1.807) is 13.0 Å². The van der Waals surface area contributed by atoms with Crippen molar-refractivity contribution in [2.45, 2.75) is 13.3 Å². The lowest BCUT2D eigenvalue weighted by atomic mass is 10.1. The van der Waals surface area contributed by atoms with Gasteiger partial charge in [0, 0.05) is 18.7 Å². The molecule has 146 valence electrons. The zero-order valence-corrected chi connectivity index (χ0v) is 15.1. The number of hydrogen-bond donors (Lipinski definition) is 1. The number of para-hydroxylation sites is 1. The van der Waals surface area contributed by atoms with Crippen LogP contribution in [0, 0.1) is 24.5 Å². The van der Waals surface area contributed by atoms with Crippen molar-refractivity contribution in [3.63, 3.8) is 0 Å². The van der Waals surface area contributed by atoms with Gasteiger partial charge in [0.15, 0.2) is 6.61 Å². The normalized spacial score (nSPS) is 16.2. The first-order valence-electron chi connectivity index (χ1n) is 8.62. The molecular formula is C20H18F2N2O4. The van der Waals surface area contributed by atoms with Gasteiger partial charge < -0.3 is 15.0 Å². The Morgan fingerprint density at radius 2 is 1.93 bits per heavy atom. The molecule has 0 bridgehead atoms. The Hall–Kier alpha value is -3.29. The monoisotopic (exact) mass is 388 g/mol. The van der Waals surface area contributed by atoms with E-state index in [0.29, 0.717) is 5.56 Å². The number of nitrogens with zero attached hydrogens (tertiary/aromatic N) is 1. The second-order valence-corrected chi connectivity index (χ2v) is 6.48. The Labute approximate surface area is 160 Å². The number of esters is 1. The third-order valence-electron chi connectivity index (χ3n) is 4.40. The first-order chi connectivity index (χ1) is 13.3. The van der Waals surface area contributed by atoms with Crippen molar-refractivity contribution in [2.24, 2.45) is 5.92 Å². The maximum Gasteiger partial charge on any atom is 0.311 e. The summed E-state index contributed by atoms with van der Waals surface area (Å²) in [6, 6.07) is 9.98. The minimum Gasteiger partial charge on any atom is -0.455 e. The van der Waals surface area contributed by atoms with E-state index in [1.165, 1.54) is 35.2 Å². The number of aryl methyl sites for hydroxylation is 1. The van der Waals surface area contributed by atoms with Gasteiger partial charge in [0.25, 0.3) is 5.91 Å². The van der Waals surface area contributed by atoms with E-state index >= 15 is 0 Å². The molecule has 1 aliphatic heterocycles. The number of carbonyl (C=O) groups is 3. The molecule has 8 heteroatoms. The van der Waals surface area contributed by atoms with Crippen LogP contribution < -0.4 is 10.2 Å². The van der Waals surface area contributed by atoms with E-state index < -0.39 is 41.9 Å². The van der Waals surface area contributed by atoms with Crippen molar-refractivity contribution < 1.29 is 27.9 Å². The largest absolute Gasteiger partial charge is 0.455 e. The average molecular weight is 388 g/mol. The molecule has 0 saturated carbocycles. The van der Waals surface area contributed by atoms with Crippen molar-refractivity contribution in [1.29, 1.82) is 0 Å². The fourth-order valence-electron chi connectivity index (χ4n) is 2.89. The summed E-state index contributed by atoms with van der Waals surface area (Å²) < 4.78 is 32.3. The number of ether oxygens (including phenoxy) is 1. The number of benzene rings is 2. The molecule has 0 spiro atoms. The molecule has 0 aliphatic carbocycles. The molecule has 1 atom stereocenters. The third kappa shape index (κ3) is 4.33. The highest BCUT2D eigenvalue weighted by atomic mass is 19.1. The smallest absolute Gasteiger partial charge is 0.311 e. The van der Waals surface area contributed by atoms with E-state index in [2.05, 4.69) is 5.32 Å². The Kier molecular flexibility index (Phi) is 5.67. The predicted molar refractivity (Wildman–Crippen MR) is 97.6 cm³/mol. The van der Waals surface area contributed by atoms with Crippen LogP contribution >= 0.6 is 0 Å². The Balaban J connectivity index is 1.54. The molecule has 0 unspecified atom stereocenters. The molecule has 1 heterocycles. The van der Waals surface area contributed by atoms with Crippen LogP contribution in [-0.4, -0.2) is 30.9 Å². The van der Waals surface area contributed by atoms with Crippen molar-refractivity contribution >= 4 is 29.2 Å². The molecule has 6 nitrogen and oxygen atoms in total. The second-order valence-electron chi connectivity index (χ2n) is 6.48. The quantitative estimate of drug-likeness (QED) is 0.800. The van der Waals surface area contributed by atoms with Gasteiger partial charge in [-0.15, -0.1) is 0 Å². The van der Waals surface area contributed by atoms with Gasteiger partial charge in [-0.2, -0.15) is 0 Å². The molecule has 0 aromatic heterocycles. The highest BCUT2D eigenvalue weighted by Crippen LogP contribution is 2.27. The fourth-order valence-corrected chi connectivity index (χ4v) is 2.89. The number of amides is 2. The van der Waals surface area contributed by atoms with Crippen LogP contribution in [-0.2, 0) is 19.1 Å². The summed E-state index contributed by atoms with van der Waals surface area (Å²) in [6.07, 6.45) is -0.127. The molecule has 0 radical (unpaired) electrons. The van der Waals surface area contributed by atoms with Crippen molar-refractivity contribution in [3.8, 4) is 0 Å². The standard InChI is InChI=1S/C20H18F2N2O4/c1-12-6-7-14(9-16(12)22)23-18(25)11-28-20(27)13-8-19(26)24(10-13)17-5-3-2-4-15(17)21/h2-7,9,13H,8,10-11H2,1H3,(H,23,25)/t13-/m1/s1. The topological polar surface area (TPSA) is 75.7 Å². The highest BCUT2D eigenvalue weighted by molar-refractivity contribution is 6.00. The van der Waals surface area contributed by atoms with Crippen molar-refractivity contribution in [2.75, 3.05) is 23.4 Å². The molecule has 2 aromatic rings. The van der Waals surface area contributed by atoms with Gasteiger partial charge in [0.05, 0.1) is 11.6 Å². The highest BCUT2D eigenvalue weighted by Gasteiger charge is 2.37. The minimum atomic E-state index is -0.795. The number of carbonyl (C=O) groups excluding carboxylic acids is 3. The van der Waals surface area contributed by atoms with E-state index in [4.69, 9.17) is 4.74 Å². The average Bonchev–Trinajstić information content (AvgIpc) is 3.05. The summed E-state index contributed by atoms with van der Waals surface area (Å²) in [7, 11) is 0. The first kappa shape index (κ1) is 19.5. The number of nitrogens with one attached hydrogen (secondary N) is 1. The number of hydrogen-bond acceptors (Lipinski definition) is 4. The maximum atomic E-state index is 13.9. The summed E-state index contributed by atoms with van der Waals surface area (Å²) in [5, 5.41) is 2.42. The lowest BCUT2D eigenvalue weighted by Crippen LogP contribution is -2.28. The van der Waals surface area contributed by atoms with Crippen molar-refractivity contribution in [3.05, 3.63) is 59.7 Å². The Bertz CT molecular complexity index is 932. The zero-order chi connectivity index (χ0) is 20.3. The minimum absolute atomic E-state index is 0.0244. The van der Waals surface area contributed by atoms with E-state index in [-0.39, 0.29) is 24.3 Å². The summed E-state index contributed by atoms with van der Waals surface area (Å²) in [5.74, 6) is -3.57. The van der Waals surface area contributed by atoms with Gasteiger partial charge in [0.2, 0.25) is 5.91 Å². The summed E-state index contributed by atoms with van der Waals surface area (Å²) in [6.45, 7) is 0.998. The van der Waals surface area contributed by atoms with Gasteiger partial charge in [-0.25, -0.2) is 8.78 Å². The molecule has 1 saturated heterocycles. The van der Waals surface area contributed by atoms with Crippen LogP contribution in [0.3, 0.4) is 0 Å². The Morgan fingerprint density at radius 3 is 2.64 bits per heavy atom. The summed E-state index contributed by atoms with van der Waals surface area (Å²) in [5.41, 5.74) is 0.780. The third-order valence-corrected chi connectivity index (χ3v) is 4.40. The van der Waals surface area contributed by atoms with E-state index in [9.17, 15) is 23.2 Å². The maximum absolute atomic E-state index is 13.9. The number of anilines is 2. The molecule has 3 rings (SSSR count). The SMILES string of the molecule is Cc1ccc(NC(=O)COC(=O)[C@@H]2CC(=O)N(c3ccccc3F)C2)cc1F. The zero-order valence-electron chi connectivity index (χ0n) is 15.1. The fraction of sp³-hybridized carbons (Fsp3) is 0.250. The van der Waals surface area contributed by atoms with Gasteiger partial charge in [0.1, 0.15) is 11.6 Å². The second kappa shape index (κ2) is 8.16. The lowest BCUT2D eigenvalue weighted by molar-refractivity contribution is -0.151. The van der Waals surface area contributed by atoms with Gasteiger partial charge in [-0.1, -0.05) is 18.2 Å². The van der Waals surface area contributed by atoms with Gasteiger partial charge in [-0.05, 0) is 36.8 Å². The molecule has 1 aliphatic rings. The molecule has 2 aromatic carbocycles. The van der Waals surface area contributed by atoms with Crippen LogP contribution in [0.25, 0.3) is 0 Å². The van der Waals surface area contributed by atoms with Gasteiger partial charge >= 0.3 is 5.97 Å². The van der Waals surface area contributed by atoms with Crippen LogP contribution in [0.1, 0.15) is 12.0 Å². The van der Waals surface area contributed by atoms with Gasteiger partial charge in [-0.3, -0.25) is 14.4 Å². The Morgan fingerprint density at radius 1 is 1.18 bits per heavy atom. The number of rotatable bonds is 5. The van der Waals surface area contributed by atoms with Crippen LogP contribution in [0.4, 0.5) is 20.2 Å². The van der Waals surface area contributed by atoms with E-state index in [1.807, 2.05) is 0 Å². The molecule has 28 heavy (non-hydrogen) atoms. The lowest BCUT2D eigenvalue weighted by Gasteiger charge is -2.17. The molecule has 1 N–H and O–H groups in total. The molecular weight excluding hydrogens is 370 g/mol. The van der Waals surface area contributed by atoms with Crippen molar-refractivity contribution in [1.82, 2.24) is 0 Å². The summed E-state index contributed by atoms with van der Waals surface area (Å²) in [4.78, 5) is 37.4. The molecule has 1 fully saturated rings. The summed E-state index contributed by atoms with van der Waals surface area (Å²) >= 11 is 0. The van der Waals surface area contributed by atoms with Crippen LogP contribution in [0.2, 0.25) is 0 Å². The number of halogens is 2. The molecule has 2 amide bonds. The van der Waals surface area contributed by atoms with Crippen LogP contribution in [0.5, 0.6) is 0 Å². The predicted octanol–water partition coefficient (Wildman–Crippen LogP) is 2.81. The first-order valence-corrected chi connectivity index (χ1v) is 8.62.